The zero-order valence-corrected chi connectivity index (χ0v) is 15.3. The fourth-order valence-electron chi connectivity index (χ4n) is 2.51. The van der Waals surface area contributed by atoms with Gasteiger partial charge in [-0.15, -0.1) is 0 Å². The minimum atomic E-state index is -4.33. The third-order valence-electron chi connectivity index (χ3n) is 3.93. The highest BCUT2D eigenvalue weighted by molar-refractivity contribution is 6.33. The molecule has 2 rings (SSSR count). The number of halogens is 4. The number of methoxy groups -OCH3 is 1. The number of ether oxygens (including phenoxy) is 1. The van der Waals surface area contributed by atoms with Crippen LogP contribution in [0.1, 0.15) is 26.5 Å². The molecule has 2 aromatic rings. The van der Waals surface area contributed by atoms with Gasteiger partial charge in [0.05, 0.1) is 23.5 Å². The minimum Gasteiger partial charge on any atom is -0.496 e. The number of benzene rings is 1. The van der Waals surface area contributed by atoms with Crippen LogP contribution in [0.4, 0.5) is 18.9 Å². The molecule has 0 saturated carbocycles. The van der Waals surface area contributed by atoms with Gasteiger partial charge >= 0.3 is 6.18 Å². The molecule has 0 radical (unpaired) electrons. The van der Waals surface area contributed by atoms with E-state index in [9.17, 15) is 13.2 Å². The fraction of sp³-hybridized carbons (Fsp3) is 0.471. The first-order valence-corrected chi connectivity index (χ1v) is 8.37. The summed E-state index contributed by atoms with van der Waals surface area (Å²) in [5, 5.41) is 7.44. The van der Waals surface area contributed by atoms with Gasteiger partial charge in [0.1, 0.15) is 11.8 Å². The van der Waals surface area contributed by atoms with Crippen LogP contribution in [-0.2, 0) is 13.0 Å². The predicted octanol–water partition coefficient (Wildman–Crippen LogP) is 5.16. The molecule has 0 saturated heterocycles. The molecule has 8 heteroatoms. The lowest BCUT2D eigenvalue weighted by atomic mass is 10.1. The summed E-state index contributed by atoms with van der Waals surface area (Å²) in [5.41, 5.74) is 2.48. The van der Waals surface area contributed by atoms with E-state index in [0.717, 1.165) is 12.6 Å². The van der Waals surface area contributed by atoms with Gasteiger partial charge in [0.2, 0.25) is 0 Å². The highest BCUT2D eigenvalue weighted by Gasteiger charge is 2.36. The second-order valence-corrected chi connectivity index (χ2v) is 5.98. The van der Waals surface area contributed by atoms with E-state index in [2.05, 4.69) is 10.4 Å². The van der Waals surface area contributed by atoms with Gasteiger partial charge in [-0.3, -0.25) is 4.68 Å². The average Bonchev–Trinajstić information content (AvgIpc) is 2.89. The summed E-state index contributed by atoms with van der Waals surface area (Å²) in [6.07, 6.45) is -3.64. The van der Waals surface area contributed by atoms with Crippen molar-refractivity contribution in [1.29, 1.82) is 0 Å². The summed E-state index contributed by atoms with van der Waals surface area (Å²) in [6, 6.07) is 3.14. The maximum atomic E-state index is 12.7. The molecule has 0 aliphatic heterocycles. The summed E-state index contributed by atoms with van der Waals surface area (Å²) in [4.78, 5) is 0. The van der Waals surface area contributed by atoms with Crippen LogP contribution in [0.25, 0.3) is 11.3 Å². The van der Waals surface area contributed by atoms with E-state index in [0.29, 0.717) is 40.7 Å². The topological polar surface area (TPSA) is 39.1 Å². The summed E-state index contributed by atoms with van der Waals surface area (Å²) in [6.45, 7) is 5.58. The van der Waals surface area contributed by atoms with Crippen LogP contribution in [-0.4, -0.2) is 29.1 Å². The number of rotatable bonds is 6. The molecule has 1 N–H and O–H groups in total. The van der Waals surface area contributed by atoms with Crippen LogP contribution in [0.2, 0.25) is 5.02 Å². The maximum absolute atomic E-state index is 12.7. The second kappa shape index (κ2) is 7.56. The zero-order chi connectivity index (χ0) is 18.8. The Balaban J connectivity index is 2.46. The molecule has 0 aliphatic carbocycles. The first-order chi connectivity index (χ1) is 11.7. The normalized spacial score (nSPS) is 13.0. The van der Waals surface area contributed by atoms with Crippen molar-refractivity contribution in [1.82, 2.24) is 9.78 Å². The zero-order valence-electron chi connectivity index (χ0n) is 14.5. The maximum Gasteiger partial charge on any atom is 0.408 e. The molecular weight excluding hydrogens is 355 g/mol. The molecule has 1 heterocycles. The number of anilines is 1. The number of alkyl halides is 3. The Morgan fingerprint density at radius 3 is 2.52 bits per heavy atom. The summed E-state index contributed by atoms with van der Waals surface area (Å²) in [5.74, 6) is 0.429. The van der Waals surface area contributed by atoms with Crippen molar-refractivity contribution < 1.29 is 17.9 Å². The Morgan fingerprint density at radius 2 is 2.00 bits per heavy atom. The van der Waals surface area contributed by atoms with E-state index in [1.807, 2.05) is 13.8 Å². The molecule has 25 heavy (non-hydrogen) atoms. The van der Waals surface area contributed by atoms with Gasteiger partial charge in [-0.1, -0.05) is 18.5 Å². The second-order valence-electron chi connectivity index (χ2n) is 5.60. The average molecular weight is 376 g/mol. The number of aromatic nitrogens is 2. The summed E-state index contributed by atoms with van der Waals surface area (Å²) < 4.78 is 45.3. The number of hydrogen-bond donors (Lipinski definition) is 1. The van der Waals surface area contributed by atoms with Crippen LogP contribution < -0.4 is 10.1 Å². The lowest BCUT2D eigenvalue weighted by Gasteiger charge is -2.19. The Kier molecular flexibility index (Phi) is 5.87. The van der Waals surface area contributed by atoms with Crippen LogP contribution >= 0.6 is 11.6 Å². The fourth-order valence-corrected chi connectivity index (χ4v) is 2.88. The molecule has 0 fully saturated rings. The molecular formula is C17H21ClF3N3O. The van der Waals surface area contributed by atoms with Crippen molar-refractivity contribution in [3.05, 3.63) is 28.9 Å². The molecule has 1 atom stereocenters. The van der Waals surface area contributed by atoms with E-state index < -0.39 is 12.2 Å². The quantitative estimate of drug-likeness (QED) is 0.758. The van der Waals surface area contributed by atoms with Crippen LogP contribution in [0.15, 0.2) is 18.2 Å². The molecule has 1 aromatic carbocycles. The number of hydrogen-bond acceptors (Lipinski definition) is 3. The molecule has 0 spiro atoms. The predicted molar refractivity (Wildman–Crippen MR) is 93.4 cm³/mol. The lowest BCUT2D eigenvalue weighted by molar-refractivity contribution is -0.138. The third-order valence-corrected chi connectivity index (χ3v) is 4.32. The van der Waals surface area contributed by atoms with E-state index in [1.54, 1.807) is 16.8 Å². The van der Waals surface area contributed by atoms with Crippen LogP contribution in [0.5, 0.6) is 5.75 Å². The van der Waals surface area contributed by atoms with Gasteiger partial charge in [0.25, 0.3) is 0 Å². The molecule has 0 bridgehead atoms. The number of aryl methyl sites for hydroxylation is 2. The van der Waals surface area contributed by atoms with Crippen molar-refractivity contribution in [3.63, 3.8) is 0 Å². The monoisotopic (exact) mass is 375 g/mol. The van der Waals surface area contributed by atoms with Gasteiger partial charge in [-0.2, -0.15) is 18.3 Å². The highest BCUT2D eigenvalue weighted by atomic mass is 35.5. The Bertz CT molecular complexity index is 743. The van der Waals surface area contributed by atoms with E-state index in [1.165, 1.54) is 13.2 Å². The van der Waals surface area contributed by atoms with Gasteiger partial charge in [0.15, 0.2) is 0 Å². The van der Waals surface area contributed by atoms with Gasteiger partial charge < -0.3 is 10.1 Å². The van der Waals surface area contributed by atoms with Crippen molar-refractivity contribution in [2.75, 3.05) is 12.4 Å². The first-order valence-electron chi connectivity index (χ1n) is 7.99. The van der Waals surface area contributed by atoms with Crippen LogP contribution in [0, 0.1) is 0 Å². The van der Waals surface area contributed by atoms with E-state index >= 15 is 0 Å². The Hall–Kier alpha value is -1.89. The largest absolute Gasteiger partial charge is 0.496 e. The Labute approximate surface area is 149 Å². The van der Waals surface area contributed by atoms with E-state index in [-0.39, 0.29) is 0 Å². The third kappa shape index (κ3) is 4.03. The van der Waals surface area contributed by atoms with E-state index in [4.69, 9.17) is 16.3 Å². The first kappa shape index (κ1) is 19.4. The van der Waals surface area contributed by atoms with Crippen molar-refractivity contribution >= 4 is 17.3 Å². The molecule has 0 unspecified atom stereocenters. The molecule has 0 amide bonds. The summed E-state index contributed by atoms with van der Waals surface area (Å²) >= 11 is 6.45. The van der Waals surface area contributed by atoms with Crippen LogP contribution in [0.3, 0.4) is 0 Å². The lowest BCUT2D eigenvalue weighted by Crippen LogP contribution is -2.33. The standard InChI is InChI=1S/C17H21ClF3N3O/c1-5-13-15(18)16(24(6-2)23-13)12-8-7-11(9-14(12)25-4)22-10(3)17(19,20)21/h7-10,22H,5-6H2,1-4H3/t10-/m1/s1. The SMILES string of the molecule is CCc1nn(CC)c(-c2ccc(N[C@H](C)C(F)(F)F)cc2OC)c1Cl. The van der Waals surface area contributed by atoms with Gasteiger partial charge in [-0.05, 0) is 32.4 Å². The molecule has 0 aliphatic rings. The smallest absolute Gasteiger partial charge is 0.408 e. The number of nitrogens with zero attached hydrogens (tertiary/aromatic N) is 2. The van der Waals surface area contributed by atoms with Crippen molar-refractivity contribution in [3.8, 4) is 17.0 Å². The van der Waals surface area contributed by atoms with Gasteiger partial charge in [0, 0.05) is 23.9 Å². The van der Waals surface area contributed by atoms with Crippen molar-refractivity contribution in [2.45, 2.75) is 46.0 Å². The molecule has 4 nitrogen and oxygen atoms in total. The molecule has 1 aromatic heterocycles. The van der Waals surface area contributed by atoms with Gasteiger partial charge in [-0.25, -0.2) is 0 Å². The Morgan fingerprint density at radius 1 is 1.32 bits per heavy atom. The summed E-state index contributed by atoms with van der Waals surface area (Å²) in [7, 11) is 1.47. The number of nitrogens with one attached hydrogen (secondary N) is 1. The highest BCUT2D eigenvalue weighted by Crippen LogP contribution is 2.38. The van der Waals surface area contributed by atoms with Crippen molar-refractivity contribution in [2.24, 2.45) is 0 Å². The minimum absolute atomic E-state index is 0.319. The molecule has 138 valence electrons.